The van der Waals surface area contributed by atoms with Crippen molar-refractivity contribution in [3.8, 4) is 0 Å². The SMILES string of the molecule is CCO[C@H]1C[C@@H](CC(C)C)C(C(=O)OC)=C(C)O1. The summed E-state index contributed by atoms with van der Waals surface area (Å²) in [5.74, 6) is 1.02. The van der Waals surface area contributed by atoms with E-state index in [1.807, 2.05) is 13.8 Å². The molecule has 0 radical (unpaired) electrons. The predicted molar refractivity (Wildman–Crippen MR) is 68.8 cm³/mol. The van der Waals surface area contributed by atoms with E-state index in [0.29, 0.717) is 30.3 Å². The minimum atomic E-state index is -0.284. The highest BCUT2D eigenvalue weighted by Crippen LogP contribution is 2.34. The monoisotopic (exact) mass is 256 g/mol. The average molecular weight is 256 g/mol. The summed E-state index contributed by atoms with van der Waals surface area (Å²) in [5.41, 5.74) is 0.669. The second-order valence-electron chi connectivity index (χ2n) is 5.03. The van der Waals surface area contributed by atoms with Gasteiger partial charge in [-0.05, 0) is 26.2 Å². The van der Waals surface area contributed by atoms with E-state index in [1.54, 1.807) is 0 Å². The Morgan fingerprint density at radius 3 is 2.67 bits per heavy atom. The van der Waals surface area contributed by atoms with Crippen LogP contribution in [0.4, 0.5) is 0 Å². The number of methoxy groups -OCH3 is 1. The molecule has 0 spiro atoms. The maximum atomic E-state index is 11.8. The molecule has 1 rings (SSSR count). The van der Waals surface area contributed by atoms with Gasteiger partial charge in [-0.3, -0.25) is 0 Å². The topological polar surface area (TPSA) is 44.8 Å². The minimum Gasteiger partial charge on any atom is -0.469 e. The van der Waals surface area contributed by atoms with Crippen LogP contribution in [0.25, 0.3) is 0 Å². The molecule has 0 N–H and O–H groups in total. The third-order valence-corrected chi connectivity index (χ3v) is 3.09. The van der Waals surface area contributed by atoms with Gasteiger partial charge in [-0.25, -0.2) is 4.79 Å². The van der Waals surface area contributed by atoms with Gasteiger partial charge in [-0.2, -0.15) is 0 Å². The zero-order chi connectivity index (χ0) is 13.7. The Morgan fingerprint density at radius 1 is 1.50 bits per heavy atom. The lowest BCUT2D eigenvalue weighted by atomic mass is 9.85. The first-order valence-electron chi connectivity index (χ1n) is 6.56. The summed E-state index contributed by atoms with van der Waals surface area (Å²) >= 11 is 0. The van der Waals surface area contributed by atoms with Crippen LogP contribution in [0.1, 0.15) is 40.5 Å². The van der Waals surface area contributed by atoms with Crippen molar-refractivity contribution in [1.82, 2.24) is 0 Å². The van der Waals surface area contributed by atoms with E-state index in [1.165, 1.54) is 7.11 Å². The highest BCUT2D eigenvalue weighted by molar-refractivity contribution is 5.89. The second kappa shape index (κ2) is 6.78. The van der Waals surface area contributed by atoms with E-state index in [4.69, 9.17) is 14.2 Å². The second-order valence-corrected chi connectivity index (χ2v) is 5.03. The lowest BCUT2D eigenvalue weighted by Crippen LogP contribution is -2.31. The van der Waals surface area contributed by atoms with E-state index < -0.39 is 0 Å². The van der Waals surface area contributed by atoms with Crippen molar-refractivity contribution in [3.63, 3.8) is 0 Å². The molecule has 0 aromatic carbocycles. The normalized spacial score (nSPS) is 24.1. The fraction of sp³-hybridized carbons (Fsp3) is 0.786. The molecule has 18 heavy (non-hydrogen) atoms. The number of hydrogen-bond acceptors (Lipinski definition) is 4. The number of rotatable bonds is 5. The summed E-state index contributed by atoms with van der Waals surface area (Å²) in [6.07, 6.45) is 1.41. The van der Waals surface area contributed by atoms with Crippen LogP contribution in [0.2, 0.25) is 0 Å². The number of carbonyl (C=O) groups is 1. The first-order valence-corrected chi connectivity index (χ1v) is 6.56. The van der Waals surface area contributed by atoms with Gasteiger partial charge in [0.05, 0.1) is 12.7 Å². The molecule has 0 fully saturated rings. The van der Waals surface area contributed by atoms with Gasteiger partial charge < -0.3 is 14.2 Å². The standard InChI is InChI=1S/C14H24O4/c1-6-17-12-8-11(7-9(2)3)13(10(4)18-12)14(15)16-5/h9,11-12H,6-8H2,1-5H3/t11-,12-/m1/s1. The van der Waals surface area contributed by atoms with Crippen LogP contribution in [0, 0.1) is 11.8 Å². The van der Waals surface area contributed by atoms with Crippen molar-refractivity contribution < 1.29 is 19.0 Å². The van der Waals surface area contributed by atoms with Gasteiger partial charge in [-0.15, -0.1) is 0 Å². The van der Waals surface area contributed by atoms with E-state index in [9.17, 15) is 4.79 Å². The molecule has 4 heteroatoms. The molecular formula is C14H24O4. The molecule has 0 aliphatic carbocycles. The third kappa shape index (κ3) is 3.73. The number of allylic oxidation sites excluding steroid dienone is 1. The number of hydrogen-bond donors (Lipinski definition) is 0. The fourth-order valence-corrected chi connectivity index (χ4v) is 2.44. The molecular weight excluding hydrogens is 232 g/mol. The van der Waals surface area contributed by atoms with Crippen LogP contribution in [-0.2, 0) is 19.0 Å². The van der Waals surface area contributed by atoms with Crippen LogP contribution in [0.3, 0.4) is 0 Å². The molecule has 0 bridgehead atoms. The van der Waals surface area contributed by atoms with E-state index >= 15 is 0 Å². The lowest BCUT2D eigenvalue weighted by Gasteiger charge is -2.32. The van der Waals surface area contributed by atoms with Crippen molar-refractivity contribution in [2.24, 2.45) is 11.8 Å². The summed E-state index contributed by atoms with van der Waals surface area (Å²) < 4.78 is 16.0. The van der Waals surface area contributed by atoms with E-state index in [2.05, 4.69) is 13.8 Å². The Morgan fingerprint density at radius 2 is 2.17 bits per heavy atom. The molecule has 0 aromatic heterocycles. The maximum absolute atomic E-state index is 11.8. The zero-order valence-electron chi connectivity index (χ0n) is 12.0. The van der Waals surface area contributed by atoms with Gasteiger partial charge in [0, 0.05) is 18.9 Å². The molecule has 1 heterocycles. The zero-order valence-corrected chi connectivity index (χ0v) is 12.0. The minimum absolute atomic E-state index is 0.155. The van der Waals surface area contributed by atoms with Crippen LogP contribution >= 0.6 is 0 Å². The predicted octanol–water partition coefficient (Wildman–Crippen LogP) is 2.88. The van der Waals surface area contributed by atoms with Gasteiger partial charge in [0.2, 0.25) is 0 Å². The summed E-state index contributed by atoms with van der Waals surface area (Å²) in [4.78, 5) is 11.8. The quantitative estimate of drug-likeness (QED) is 0.709. The molecule has 2 atom stereocenters. The molecule has 0 amide bonds. The van der Waals surface area contributed by atoms with E-state index in [0.717, 1.165) is 6.42 Å². The Balaban J connectivity index is 2.92. The van der Waals surface area contributed by atoms with Gasteiger partial charge in [0.1, 0.15) is 5.76 Å². The molecule has 0 unspecified atom stereocenters. The summed E-state index contributed by atoms with van der Waals surface area (Å²) in [5, 5.41) is 0. The molecule has 0 aromatic rings. The van der Waals surface area contributed by atoms with Crippen molar-refractivity contribution in [2.45, 2.75) is 46.8 Å². The smallest absolute Gasteiger partial charge is 0.337 e. The Hall–Kier alpha value is -1.03. The molecule has 104 valence electrons. The Kier molecular flexibility index (Phi) is 5.66. The lowest BCUT2D eigenvalue weighted by molar-refractivity contribution is -0.147. The number of ether oxygens (including phenoxy) is 3. The van der Waals surface area contributed by atoms with Crippen LogP contribution in [-0.4, -0.2) is 26.0 Å². The van der Waals surface area contributed by atoms with Crippen molar-refractivity contribution in [3.05, 3.63) is 11.3 Å². The van der Waals surface area contributed by atoms with Crippen LogP contribution in [0.5, 0.6) is 0 Å². The Labute approximate surface area is 109 Å². The Bertz CT molecular complexity index is 320. The summed E-state index contributed by atoms with van der Waals surface area (Å²) in [6.45, 7) is 8.66. The molecule has 4 nitrogen and oxygen atoms in total. The highest BCUT2D eigenvalue weighted by atomic mass is 16.7. The largest absolute Gasteiger partial charge is 0.469 e. The van der Waals surface area contributed by atoms with E-state index in [-0.39, 0.29) is 18.2 Å². The van der Waals surface area contributed by atoms with Gasteiger partial charge in [0.15, 0.2) is 6.29 Å². The maximum Gasteiger partial charge on any atom is 0.337 e. The first-order chi connectivity index (χ1) is 8.49. The highest BCUT2D eigenvalue weighted by Gasteiger charge is 2.34. The summed E-state index contributed by atoms with van der Waals surface area (Å²) in [7, 11) is 1.41. The van der Waals surface area contributed by atoms with Crippen molar-refractivity contribution in [2.75, 3.05) is 13.7 Å². The number of esters is 1. The van der Waals surface area contributed by atoms with Crippen molar-refractivity contribution in [1.29, 1.82) is 0 Å². The third-order valence-electron chi connectivity index (χ3n) is 3.09. The van der Waals surface area contributed by atoms with Gasteiger partial charge >= 0.3 is 5.97 Å². The molecule has 1 aliphatic rings. The molecule has 0 saturated heterocycles. The van der Waals surface area contributed by atoms with Crippen LogP contribution < -0.4 is 0 Å². The summed E-state index contributed by atoms with van der Waals surface area (Å²) in [6, 6.07) is 0. The average Bonchev–Trinajstić information content (AvgIpc) is 2.27. The first kappa shape index (κ1) is 15.0. The fourth-order valence-electron chi connectivity index (χ4n) is 2.44. The molecule has 1 aliphatic heterocycles. The van der Waals surface area contributed by atoms with Crippen molar-refractivity contribution >= 4 is 5.97 Å². The number of carbonyl (C=O) groups excluding carboxylic acids is 1. The van der Waals surface area contributed by atoms with Gasteiger partial charge in [0.25, 0.3) is 0 Å². The van der Waals surface area contributed by atoms with Crippen LogP contribution in [0.15, 0.2) is 11.3 Å². The molecule has 0 saturated carbocycles. The van der Waals surface area contributed by atoms with Gasteiger partial charge in [-0.1, -0.05) is 13.8 Å².